The third-order valence-corrected chi connectivity index (χ3v) is 2.21. The van der Waals surface area contributed by atoms with Crippen LogP contribution in [0, 0.1) is 0 Å². The maximum absolute atomic E-state index is 12.2. The van der Waals surface area contributed by atoms with Crippen LogP contribution >= 0.6 is 12.4 Å². The van der Waals surface area contributed by atoms with Gasteiger partial charge in [0.1, 0.15) is 5.75 Å². The average molecular weight is 315 g/mol. The Labute approximate surface area is 115 Å². The Morgan fingerprint density at radius 3 is 2.37 bits per heavy atom. The minimum atomic E-state index is -5.06. The van der Waals surface area contributed by atoms with E-state index in [-0.39, 0.29) is 36.9 Å². The van der Waals surface area contributed by atoms with E-state index in [2.05, 4.69) is 14.3 Å². The highest BCUT2D eigenvalue weighted by Crippen LogP contribution is 2.14. The molecule has 0 radical (unpaired) electrons. The van der Waals surface area contributed by atoms with Gasteiger partial charge in [0.2, 0.25) is 0 Å². The smallest absolute Gasteiger partial charge is 0.358 e. The fourth-order valence-electron chi connectivity index (χ4n) is 1.10. The normalized spacial score (nSPS) is 10.4. The zero-order chi connectivity index (χ0) is 13.6. The molecule has 0 aromatic heterocycles. The van der Waals surface area contributed by atoms with Crippen molar-refractivity contribution in [3.8, 4) is 5.75 Å². The van der Waals surface area contributed by atoms with E-state index in [1.807, 2.05) is 0 Å². The lowest BCUT2D eigenvalue weighted by Gasteiger charge is -2.05. The molecule has 1 rings (SSSR count). The predicted molar refractivity (Wildman–Crippen MR) is 66.8 cm³/mol. The van der Waals surface area contributed by atoms with Crippen LogP contribution in [0.3, 0.4) is 0 Å². The number of halogens is 2. The quantitative estimate of drug-likeness (QED) is 0.445. The van der Waals surface area contributed by atoms with Crippen LogP contribution in [0.5, 0.6) is 5.75 Å². The first-order valence-electron chi connectivity index (χ1n) is 4.76. The molecule has 0 aliphatic carbocycles. The van der Waals surface area contributed by atoms with E-state index in [9.17, 15) is 17.1 Å². The molecular weight excluding hydrogens is 303 g/mol. The molecular formula is C9H12ClFN2O5S. The van der Waals surface area contributed by atoms with E-state index in [0.717, 1.165) is 12.1 Å². The molecule has 0 unspecified atom stereocenters. The van der Waals surface area contributed by atoms with Gasteiger partial charge < -0.3 is 14.3 Å². The van der Waals surface area contributed by atoms with Crippen LogP contribution in [0.1, 0.15) is 10.4 Å². The predicted octanol–water partition coefficient (Wildman–Crippen LogP) is 0.322. The Balaban J connectivity index is 0.00000324. The van der Waals surface area contributed by atoms with Gasteiger partial charge >= 0.3 is 10.5 Å². The molecule has 0 spiro atoms. The standard InChI is InChI=1S/C9H11FN2O5S.ClH/c10-18(14,15)17-8-3-1-7(2-4-8)9(13)12-5-6-16-11;/h1-4H,5-6,11H2,(H,12,13);1H. The number of hydrogen-bond donors (Lipinski definition) is 2. The highest BCUT2D eigenvalue weighted by molar-refractivity contribution is 7.81. The summed E-state index contributed by atoms with van der Waals surface area (Å²) in [5.41, 5.74) is 0.260. The Bertz CT molecular complexity index is 508. The molecule has 19 heavy (non-hydrogen) atoms. The van der Waals surface area contributed by atoms with Gasteiger partial charge in [-0.2, -0.15) is 8.42 Å². The largest absolute Gasteiger partial charge is 0.488 e. The van der Waals surface area contributed by atoms with Gasteiger partial charge in [0.15, 0.2) is 0 Å². The molecule has 0 saturated carbocycles. The molecule has 1 amide bonds. The van der Waals surface area contributed by atoms with Gasteiger partial charge in [-0.05, 0) is 24.3 Å². The van der Waals surface area contributed by atoms with Crippen LogP contribution in [-0.2, 0) is 15.3 Å². The lowest BCUT2D eigenvalue weighted by atomic mass is 10.2. The van der Waals surface area contributed by atoms with Gasteiger partial charge in [-0.3, -0.25) is 4.79 Å². The van der Waals surface area contributed by atoms with Gasteiger partial charge in [-0.15, -0.1) is 12.4 Å². The molecule has 0 atom stereocenters. The zero-order valence-corrected chi connectivity index (χ0v) is 11.2. The van der Waals surface area contributed by atoms with Crippen molar-refractivity contribution in [2.45, 2.75) is 0 Å². The maximum atomic E-state index is 12.2. The van der Waals surface area contributed by atoms with Crippen LogP contribution in [0.4, 0.5) is 3.89 Å². The third kappa shape index (κ3) is 6.91. The Kier molecular flexibility index (Phi) is 7.30. The van der Waals surface area contributed by atoms with E-state index < -0.39 is 16.4 Å². The number of amides is 1. The number of nitrogens with one attached hydrogen (secondary N) is 1. The van der Waals surface area contributed by atoms with Crippen molar-refractivity contribution in [1.29, 1.82) is 0 Å². The molecule has 1 aromatic rings. The summed E-state index contributed by atoms with van der Waals surface area (Å²) in [5, 5.41) is 2.49. The molecule has 108 valence electrons. The molecule has 1 aromatic carbocycles. The molecule has 0 aliphatic heterocycles. The van der Waals surface area contributed by atoms with E-state index in [1.165, 1.54) is 12.1 Å². The zero-order valence-electron chi connectivity index (χ0n) is 9.54. The SMILES string of the molecule is Cl.NOCCNC(=O)c1ccc(OS(=O)(=O)F)cc1. The molecule has 0 bridgehead atoms. The van der Waals surface area contributed by atoms with Gasteiger partial charge in [0.05, 0.1) is 6.61 Å². The second-order valence-electron chi connectivity index (χ2n) is 3.13. The summed E-state index contributed by atoms with van der Waals surface area (Å²) in [6.07, 6.45) is 0. The van der Waals surface area contributed by atoms with Crippen molar-refractivity contribution in [2.75, 3.05) is 13.2 Å². The molecule has 3 N–H and O–H groups in total. The Hall–Kier alpha value is -1.42. The summed E-state index contributed by atoms with van der Waals surface area (Å²) in [5.74, 6) is 4.15. The molecule has 0 heterocycles. The fraction of sp³-hybridized carbons (Fsp3) is 0.222. The second-order valence-corrected chi connectivity index (χ2v) is 4.08. The van der Waals surface area contributed by atoms with Crippen molar-refractivity contribution in [1.82, 2.24) is 5.32 Å². The molecule has 7 nitrogen and oxygen atoms in total. The molecule has 0 fully saturated rings. The van der Waals surface area contributed by atoms with Crippen LogP contribution < -0.4 is 15.4 Å². The van der Waals surface area contributed by atoms with Crippen LogP contribution in [0.25, 0.3) is 0 Å². The minimum Gasteiger partial charge on any atom is -0.358 e. The van der Waals surface area contributed by atoms with Gasteiger partial charge in [-0.25, -0.2) is 5.90 Å². The molecule has 10 heteroatoms. The van der Waals surface area contributed by atoms with Crippen molar-refractivity contribution in [2.24, 2.45) is 5.90 Å². The maximum Gasteiger partial charge on any atom is 0.488 e. The number of benzene rings is 1. The first kappa shape index (κ1) is 17.6. The van der Waals surface area contributed by atoms with E-state index >= 15 is 0 Å². The lowest BCUT2D eigenvalue weighted by Crippen LogP contribution is -2.27. The van der Waals surface area contributed by atoms with Gasteiger partial charge in [-0.1, -0.05) is 3.89 Å². The van der Waals surface area contributed by atoms with E-state index in [4.69, 9.17) is 5.90 Å². The van der Waals surface area contributed by atoms with Crippen LogP contribution in [0.2, 0.25) is 0 Å². The Morgan fingerprint density at radius 1 is 1.32 bits per heavy atom. The monoisotopic (exact) mass is 314 g/mol. The number of carbonyl (C=O) groups is 1. The first-order chi connectivity index (χ1) is 8.42. The summed E-state index contributed by atoms with van der Waals surface area (Å²) < 4.78 is 36.6. The molecule has 0 aliphatic rings. The number of rotatable bonds is 6. The lowest BCUT2D eigenvalue weighted by molar-refractivity contribution is 0.0917. The van der Waals surface area contributed by atoms with Crippen molar-refractivity contribution >= 4 is 28.8 Å². The van der Waals surface area contributed by atoms with Crippen molar-refractivity contribution in [3.05, 3.63) is 29.8 Å². The minimum absolute atomic E-state index is 0. The van der Waals surface area contributed by atoms with Crippen molar-refractivity contribution < 1.29 is 26.1 Å². The van der Waals surface area contributed by atoms with Crippen LogP contribution in [-0.4, -0.2) is 27.5 Å². The van der Waals surface area contributed by atoms with Gasteiger partial charge in [0.25, 0.3) is 5.91 Å². The summed E-state index contributed by atoms with van der Waals surface area (Å²) in [6.45, 7) is 0.388. The summed E-state index contributed by atoms with van der Waals surface area (Å²) in [4.78, 5) is 15.7. The number of carbonyl (C=O) groups excluding carboxylic acids is 1. The number of hydrogen-bond acceptors (Lipinski definition) is 6. The second kappa shape index (κ2) is 7.89. The van der Waals surface area contributed by atoms with E-state index in [1.54, 1.807) is 0 Å². The highest BCUT2D eigenvalue weighted by Gasteiger charge is 2.10. The topological polar surface area (TPSA) is 108 Å². The third-order valence-electron chi connectivity index (χ3n) is 1.82. The average Bonchev–Trinajstić information content (AvgIpc) is 2.28. The summed E-state index contributed by atoms with van der Waals surface area (Å²) in [6, 6.07) is 4.90. The summed E-state index contributed by atoms with van der Waals surface area (Å²) in [7, 11) is -5.06. The molecule has 0 saturated heterocycles. The highest BCUT2D eigenvalue weighted by atomic mass is 35.5. The fourth-order valence-corrected chi connectivity index (χ4v) is 1.44. The van der Waals surface area contributed by atoms with Gasteiger partial charge in [0, 0.05) is 12.1 Å². The first-order valence-corrected chi connectivity index (χ1v) is 6.07. The van der Waals surface area contributed by atoms with E-state index in [0.29, 0.717) is 0 Å². The number of nitrogens with two attached hydrogens (primary N) is 1. The van der Waals surface area contributed by atoms with Crippen LogP contribution in [0.15, 0.2) is 24.3 Å². The van der Waals surface area contributed by atoms with Crippen molar-refractivity contribution in [3.63, 3.8) is 0 Å². The summed E-state index contributed by atoms with van der Waals surface area (Å²) >= 11 is 0. The Morgan fingerprint density at radius 2 is 1.89 bits per heavy atom.